The fourth-order valence-electron chi connectivity index (χ4n) is 3.69. The largest absolute Gasteiger partial charge is 0.464 e. The lowest BCUT2D eigenvalue weighted by Gasteiger charge is -2.38. The molecule has 0 amide bonds. The van der Waals surface area contributed by atoms with Gasteiger partial charge in [0.25, 0.3) is 0 Å². The number of aryl methyl sites for hydroxylation is 1. The first-order chi connectivity index (χ1) is 12.7. The van der Waals surface area contributed by atoms with Gasteiger partial charge < -0.3 is 4.74 Å². The van der Waals surface area contributed by atoms with E-state index in [-0.39, 0.29) is 12.3 Å². The average Bonchev–Trinajstić information content (AvgIpc) is 3.31. The van der Waals surface area contributed by atoms with Crippen LogP contribution in [0.3, 0.4) is 0 Å². The maximum Gasteiger partial charge on any atom is 0.213 e. The topological polar surface area (TPSA) is 24.8 Å². The van der Waals surface area contributed by atoms with Crippen LogP contribution in [0.4, 0.5) is 0 Å². The minimum atomic E-state index is -0.203. The molecule has 0 saturated carbocycles. The van der Waals surface area contributed by atoms with E-state index < -0.39 is 0 Å². The molecule has 5 heteroatoms. The summed E-state index contributed by atoms with van der Waals surface area (Å²) in [4.78, 5) is 1.24. The molecule has 5 rings (SSSR count). The zero-order chi connectivity index (χ0) is 17.7. The van der Waals surface area contributed by atoms with Crippen molar-refractivity contribution < 1.29 is 4.74 Å². The molecule has 2 aliphatic rings. The van der Waals surface area contributed by atoms with Gasteiger partial charge in [-0.05, 0) is 36.6 Å². The molecule has 0 fully saturated rings. The Bertz CT molecular complexity index is 999. The number of fused-ring (bicyclic) bond motifs is 3. The number of nitrogens with zero attached hydrogens (tertiary/aromatic N) is 2. The van der Waals surface area contributed by atoms with Gasteiger partial charge >= 0.3 is 0 Å². The first kappa shape index (κ1) is 16.1. The monoisotopic (exact) mass is 424 g/mol. The Hall–Kier alpha value is -2.11. The number of thiophene rings is 1. The Morgan fingerprint density at radius 3 is 2.88 bits per heavy atom. The number of benzene rings is 2. The molecule has 26 heavy (non-hydrogen) atoms. The molecule has 2 aliphatic heterocycles. The molecule has 0 aliphatic carbocycles. The molecule has 0 bridgehead atoms. The van der Waals surface area contributed by atoms with E-state index in [9.17, 15) is 0 Å². The van der Waals surface area contributed by atoms with Crippen molar-refractivity contribution in [2.45, 2.75) is 25.6 Å². The number of hydrogen-bond donors (Lipinski definition) is 0. The van der Waals surface area contributed by atoms with Crippen LogP contribution in [0.15, 0.2) is 69.6 Å². The Morgan fingerprint density at radius 1 is 1.15 bits per heavy atom. The molecule has 0 radical (unpaired) electrons. The smallest absolute Gasteiger partial charge is 0.213 e. The summed E-state index contributed by atoms with van der Waals surface area (Å²) in [6.45, 7) is 2.11. The van der Waals surface area contributed by atoms with Crippen LogP contribution in [-0.4, -0.2) is 10.7 Å². The van der Waals surface area contributed by atoms with Crippen LogP contribution in [0.25, 0.3) is 0 Å². The van der Waals surface area contributed by atoms with Gasteiger partial charge in [0.15, 0.2) is 0 Å². The summed E-state index contributed by atoms with van der Waals surface area (Å²) in [5.74, 6) is 0.948. The SMILES string of the molecule is Cc1cccc(C2Oc3ccc(Br)cc3C3CC(c4cccs4)=NN32)c1. The summed E-state index contributed by atoms with van der Waals surface area (Å²) < 4.78 is 7.48. The zero-order valence-corrected chi connectivity index (χ0v) is 16.6. The van der Waals surface area contributed by atoms with E-state index in [2.05, 4.69) is 81.8 Å². The number of rotatable bonds is 2. The summed E-state index contributed by atoms with van der Waals surface area (Å²) in [7, 11) is 0. The highest BCUT2D eigenvalue weighted by atomic mass is 79.9. The van der Waals surface area contributed by atoms with E-state index in [0.29, 0.717) is 0 Å². The van der Waals surface area contributed by atoms with Gasteiger partial charge in [-0.2, -0.15) is 5.10 Å². The molecule has 0 N–H and O–H groups in total. The lowest BCUT2D eigenvalue weighted by Crippen LogP contribution is -2.33. The van der Waals surface area contributed by atoms with E-state index >= 15 is 0 Å². The van der Waals surface area contributed by atoms with Gasteiger partial charge in [-0.3, -0.25) is 0 Å². The number of ether oxygens (including phenoxy) is 1. The van der Waals surface area contributed by atoms with Gasteiger partial charge in [-0.15, -0.1) is 11.3 Å². The van der Waals surface area contributed by atoms with Crippen LogP contribution in [0, 0.1) is 6.92 Å². The first-order valence-corrected chi connectivity index (χ1v) is 10.3. The highest BCUT2D eigenvalue weighted by molar-refractivity contribution is 9.10. The quantitative estimate of drug-likeness (QED) is 0.499. The summed E-state index contributed by atoms with van der Waals surface area (Å²) >= 11 is 5.34. The Morgan fingerprint density at radius 2 is 2.08 bits per heavy atom. The second kappa shape index (κ2) is 6.25. The average molecular weight is 425 g/mol. The molecule has 2 atom stereocenters. The van der Waals surface area contributed by atoms with Crippen molar-refractivity contribution in [3.63, 3.8) is 0 Å². The van der Waals surface area contributed by atoms with E-state index in [0.717, 1.165) is 27.9 Å². The van der Waals surface area contributed by atoms with Crippen LogP contribution in [0.5, 0.6) is 5.75 Å². The second-order valence-corrected chi connectivity index (χ2v) is 8.55. The van der Waals surface area contributed by atoms with Crippen molar-refractivity contribution >= 4 is 33.0 Å². The number of hydrazone groups is 1. The highest BCUT2D eigenvalue weighted by Gasteiger charge is 2.41. The van der Waals surface area contributed by atoms with Crippen LogP contribution in [0.1, 0.15) is 40.3 Å². The van der Waals surface area contributed by atoms with Crippen molar-refractivity contribution in [1.82, 2.24) is 5.01 Å². The van der Waals surface area contributed by atoms with Crippen LogP contribution in [-0.2, 0) is 0 Å². The Labute approximate surface area is 165 Å². The molecule has 3 aromatic rings. The molecule has 1 aromatic heterocycles. The highest BCUT2D eigenvalue weighted by Crippen LogP contribution is 2.48. The van der Waals surface area contributed by atoms with E-state index in [4.69, 9.17) is 9.84 Å². The second-order valence-electron chi connectivity index (χ2n) is 6.69. The van der Waals surface area contributed by atoms with Crippen molar-refractivity contribution in [3.8, 4) is 5.75 Å². The predicted molar refractivity (Wildman–Crippen MR) is 109 cm³/mol. The van der Waals surface area contributed by atoms with Crippen molar-refractivity contribution in [3.05, 3.63) is 86.0 Å². The third-order valence-corrected chi connectivity index (χ3v) is 6.30. The summed E-state index contributed by atoms with van der Waals surface area (Å²) in [6, 6.07) is 19.2. The van der Waals surface area contributed by atoms with Gasteiger partial charge in [0, 0.05) is 22.0 Å². The molecule has 130 valence electrons. The summed E-state index contributed by atoms with van der Waals surface area (Å²) in [6.07, 6.45) is 0.696. The lowest BCUT2D eigenvalue weighted by molar-refractivity contribution is -0.0191. The van der Waals surface area contributed by atoms with Crippen LogP contribution in [0.2, 0.25) is 0 Å². The Kier molecular flexibility index (Phi) is 3.87. The molecule has 0 spiro atoms. The molecular formula is C21H17BrN2OS. The molecule has 2 aromatic carbocycles. The third-order valence-electron chi connectivity index (χ3n) is 4.88. The third kappa shape index (κ3) is 2.66. The standard InChI is InChI=1S/C21H17BrN2OS/c1-13-4-2-5-14(10-13)21-24-18(12-17(23-24)20-6-3-9-26-20)16-11-15(22)7-8-19(16)25-21/h2-11,18,21H,12H2,1H3. The summed E-state index contributed by atoms with van der Waals surface area (Å²) in [5.41, 5.74) is 4.70. The fourth-order valence-corrected chi connectivity index (χ4v) is 4.79. The molecule has 3 nitrogen and oxygen atoms in total. The first-order valence-electron chi connectivity index (χ1n) is 8.61. The number of hydrogen-bond acceptors (Lipinski definition) is 4. The maximum atomic E-state index is 6.41. The summed E-state index contributed by atoms with van der Waals surface area (Å²) in [5, 5.41) is 9.23. The normalized spacial score (nSPS) is 21.0. The van der Waals surface area contributed by atoms with Gasteiger partial charge in [0.1, 0.15) is 5.75 Å². The predicted octanol–water partition coefficient (Wildman–Crippen LogP) is 6.06. The molecule has 3 heterocycles. The molecular weight excluding hydrogens is 408 g/mol. The van der Waals surface area contributed by atoms with E-state index in [1.807, 2.05) is 6.07 Å². The van der Waals surface area contributed by atoms with Gasteiger partial charge in [0.2, 0.25) is 6.23 Å². The zero-order valence-electron chi connectivity index (χ0n) is 14.2. The fraction of sp³-hybridized carbons (Fsp3) is 0.190. The minimum absolute atomic E-state index is 0.193. The van der Waals surface area contributed by atoms with Crippen molar-refractivity contribution in [1.29, 1.82) is 0 Å². The van der Waals surface area contributed by atoms with Crippen LogP contribution >= 0.6 is 27.3 Å². The maximum absolute atomic E-state index is 6.41. The van der Waals surface area contributed by atoms with E-state index in [1.54, 1.807) is 11.3 Å². The molecule has 0 saturated heterocycles. The van der Waals surface area contributed by atoms with Crippen LogP contribution < -0.4 is 4.74 Å². The van der Waals surface area contributed by atoms with Crippen molar-refractivity contribution in [2.75, 3.05) is 0 Å². The van der Waals surface area contributed by atoms with Crippen molar-refractivity contribution in [2.24, 2.45) is 5.10 Å². The lowest BCUT2D eigenvalue weighted by atomic mass is 9.97. The Balaban J connectivity index is 1.63. The van der Waals surface area contributed by atoms with Gasteiger partial charge in [0.05, 0.1) is 16.6 Å². The van der Waals surface area contributed by atoms with E-state index in [1.165, 1.54) is 16.0 Å². The number of halogens is 1. The minimum Gasteiger partial charge on any atom is -0.464 e. The van der Waals surface area contributed by atoms with Gasteiger partial charge in [-0.1, -0.05) is 51.8 Å². The van der Waals surface area contributed by atoms with Gasteiger partial charge in [-0.25, -0.2) is 5.01 Å². The molecule has 2 unspecified atom stereocenters.